The standard InChI is InChI=1S/C10H12N4S/c1-7(8-2-4-12-5-3-8)14-10-13-6-9(11)15-10/h2-7H,11H2,1H3,(H,13,14). The summed E-state index contributed by atoms with van der Waals surface area (Å²) in [7, 11) is 0. The number of nitrogens with two attached hydrogens (primary N) is 1. The van der Waals surface area contributed by atoms with Gasteiger partial charge in [0.2, 0.25) is 0 Å². The Hall–Kier alpha value is -1.62. The number of anilines is 2. The van der Waals surface area contributed by atoms with Gasteiger partial charge in [0, 0.05) is 12.4 Å². The molecule has 0 aliphatic rings. The van der Waals surface area contributed by atoms with Crippen LogP contribution in [0, 0.1) is 0 Å². The summed E-state index contributed by atoms with van der Waals surface area (Å²) in [6.45, 7) is 2.08. The summed E-state index contributed by atoms with van der Waals surface area (Å²) < 4.78 is 0. The first-order valence-corrected chi connectivity index (χ1v) is 5.45. The Kier molecular flexibility index (Phi) is 2.82. The van der Waals surface area contributed by atoms with Crippen molar-refractivity contribution in [2.45, 2.75) is 13.0 Å². The molecule has 0 bridgehead atoms. The van der Waals surface area contributed by atoms with E-state index in [4.69, 9.17) is 5.73 Å². The van der Waals surface area contributed by atoms with Gasteiger partial charge in [-0.25, -0.2) is 4.98 Å². The highest BCUT2D eigenvalue weighted by molar-refractivity contribution is 7.19. The van der Waals surface area contributed by atoms with E-state index in [1.807, 2.05) is 12.1 Å². The normalized spacial score (nSPS) is 12.3. The van der Waals surface area contributed by atoms with E-state index in [0.29, 0.717) is 0 Å². The number of nitrogen functional groups attached to an aromatic ring is 1. The number of rotatable bonds is 3. The van der Waals surface area contributed by atoms with Gasteiger partial charge in [-0.2, -0.15) is 0 Å². The molecule has 0 radical (unpaired) electrons. The van der Waals surface area contributed by atoms with Gasteiger partial charge in [0.1, 0.15) is 5.00 Å². The highest BCUT2D eigenvalue weighted by Crippen LogP contribution is 2.24. The van der Waals surface area contributed by atoms with Crippen LogP contribution in [0.5, 0.6) is 0 Å². The fourth-order valence-electron chi connectivity index (χ4n) is 1.27. The molecule has 2 heterocycles. The van der Waals surface area contributed by atoms with Crippen LogP contribution in [0.4, 0.5) is 10.1 Å². The molecule has 0 fully saturated rings. The van der Waals surface area contributed by atoms with Crippen LogP contribution in [0.3, 0.4) is 0 Å². The molecular formula is C10H12N4S. The lowest BCUT2D eigenvalue weighted by Gasteiger charge is -2.12. The van der Waals surface area contributed by atoms with Gasteiger partial charge < -0.3 is 11.1 Å². The monoisotopic (exact) mass is 220 g/mol. The van der Waals surface area contributed by atoms with E-state index in [9.17, 15) is 0 Å². The van der Waals surface area contributed by atoms with Gasteiger partial charge in [0.25, 0.3) is 0 Å². The molecule has 1 unspecified atom stereocenters. The zero-order chi connectivity index (χ0) is 10.7. The number of thiazole rings is 1. The van der Waals surface area contributed by atoms with Crippen molar-refractivity contribution in [2.24, 2.45) is 0 Å². The lowest BCUT2D eigenvalue weighted by atomic mass is 10.1. The number of pyridine rings is 1. The van der Waals surface area contributed by atoms with Crippen molar-refractivity contribution < 1.29 is 0 Å². The molecule has 0 saturated heterocycles. The van der Waals surface area contributed by atoms with E-state index in [1.165, 1.54) is 16.9 Å². The average Bonchev–Trinajstić information content (AvgIpc) is 2.65. The van der Waals surface area contributed by atoms with Crippen molar-refractivity contribution in [3.63, 3.8) is 0 Å². The molecule has 2 aromatic rings. The maximum absolute atomic E-state index is 5.60. The van der Waals surface area contributed by atoms with Gasteiger partial charge >= 0.3 is 0 Å². The summed E-state index contributed by atoms with van der Waals surface area (Å²) >= 11 is 1.45. The predicted molar refractivity (Wildman–Crippen MR) is 62.8 cm³/mol. The van der Waals surface area contributed by atoms with Crippen molar-refractivity contribution in [1.82, 2.24) is 9.97 Å². The van der Waals surface area contributed by atoms with E-state index in [0.717, 1.165) is 10.1 Å². The quantitative estimate of drug-likeness (QED) is 0.833. The lowest BCUT2D eigenvalue weighted by molar-refractivity contribution is 0.878. The van der Waals surface area contributed by atoms with Crippen molar-refractivity contribution in [3.8, 4) is 0 Å². The molecule has 0 spiro atoms. The first-order chi connectivity index (χ1) is 7.25. The van der Waals surface area contributed by atoms with Gasteiger partial charge in [-0.05, 0) is 24.6 Å². The van der Waals surface area contributed by atoms with Crippen LogP contribution in [0.1, 0.15) is 18.5 Å². The molecule has 2 aromatic heterocycles. The van der Waals surface area contributed by atoms with Crippen LogP contribution in [0.15, 0.2) is 30.7 Å². The minimum Gasteiger partial charge on any atom is -0.389 e. The Morgan fingerprint density at radius 2 is 2.13 bits per heavy atom. The van der Waals surface area contributed by atoms with Crippen LogP contribution in [-0.4, -0.2) is 9.97 Å². The smallest absolute Gasteiger partial charge is 0.185 e. The summed E-state index contributed by atoms with van der Waals surface area (Å²) in [6.07, 6.45) is 5.22. The molecule has 78 valence electrons. The molecule has 2 rings (SSSR count). The third-order valence-electron chi connectivity index (χ3n) is 2.07. The van der Waals surface area contributed by atoms with Gasteiger partial charge in [-0.15, -0.1) is 0 Å². The molecule has 1 atom stereocenters. The molecule has 0 saturated carbocycles. The molecule has 4 nitrogen and oxygen atoms in total. The minimum absolute atomic E-state index is 0.207. The molecular weight excluding hydrogens is 208 g/mol. The van der Waals surface area contributed by atoms with Gasteiger partial charge in [0.05, 0.1) is 12.2 Å². The number of aromatic nitrogens is 2. The van der Waals surface area contributed by atoms with Gasteiger partial charge in [0.15, 0.2) is 5.13 Å². The van der Waals surface area contributed by atoms with Crippen LogP contribution in [0.25, 0.3) is 0 Å². The number of hydrogen-bond acceptors (Lipinski definition) is 5. The average molecular weight is 220 g/mol. The Morgan fingerprint density at radius 3 is 2.73 bits per heavy atom. The van der Waals surface area contributed by atoms with Crippen LogP contribution in [-0.2, 0) is 0 Å². The molecule has 15 heavy (non-hydrogen) atoms. The topological polar surface area (TPSA) is 63.8 Å². The van der Waals surface area contributed by atoms with Crippen LogP contribution < -0.4 is 11.1 Å². The first-order valence-electron chi connectivity index (χ1n) is 4.63. The summed E-state index contributed by atoms with van der Waals surface area (Å²) in [5.74, 6) is 0. The fourth-order valence-corrected chi connectivity index (χ4v) is 1.94. The second-order valence-electron chi connectivity index (χ2n) is 3.21. The third-order valence-corrected chi connectivity index (χ3v) is 2.83. The second kappa shape index (κ2) is 4.27. The lowest BCUT2D eigenvalue weighted by Crippen LogP contribution is -2.05. The summed E-state index contributed by atoms with van der Waals surface area (Å²) in [5.41, 5.74) is 6.78. The Bertz CT molecular complexity index is 426. The summed E-state index contributed by atoms with van der Waals surface area (Å²) in [4.78, 5) is 8.13. The molecule has 5 heteroatoms. The highest BCUT2D eigenvalue weighted by atomic mass is 32.1. The largest absolute Gasteiger partial charge is 0.389 e. The zero-order valence-corrected chi connectivity index (χ0v) is 9.16. The van der Waals surface area contributed by atoms with Crippen LogP contribution in [0.2, 0.25) is 0 Å². The SMILES string of the molecule is CC(Nc1ncc(N)s1)c1ccncc1. The molecule has 0 aliphatic carbocycles. The Balaban J connectivity index is 2.07. The van der Waals surface area contributed by atoms with Gasteiger partial charge in [-0.1, -0.05) is 11.3 Å². The Morgan fingerprint density at radius 1 is 1.40 bits per heavy atom. The van der Waals surface area contributed by atoms with E-state index < -0.39 is 0 Å². The molecule has 0 aliphatic heterocycles. The van der Waals surface area contributed by atoms with E-state index in [-0.39, 0.29) is 6.04 Å². The predicted octanol–water partition coefficient (Wildman–Crippen LogP) is 2.29. The van der Waals surface area contributed by atoms with Crippen molar-refractivity contribution in [1.29, 1.82) is 0 Å². The van der Waals surface area contributed by atoms with Crippen LogP contribution >= 0.6 is 11.3 Å². The third kappa shape index (κ3) is 2.44. The minimum atomic E-state index is 0.207. The first kappa shape index (κ1) is 9.92. The van der Waals surface area contributed by atoms with Gasteiger partial charge in [-0.3, -0.25) is 4.98 Å². The number of nitrogens with one attached hydrogen (secondary N) is 1. The molecule has 0 amide bonds. The van der Waals surface area contributed by atoms with Crippen molar-refractivity contribution >= 4 is 21.5 Å². The van der Waals surface area contributed by atoms with E-state index >= 15 is 0 Å². The Labute approximate surface area is 92.2 Å². The van der Waals surface area contributed by atoms with E-state index in [2.05, 4.69) is 22.2 Å². The van der Waals surface area contributed by atoms with Crippen molar-refractivity contribution in [3.05, 3.63) is 36.3 Å². The summed E-state index contributed by atoms with van der Waals surface area (Å²) in [6, 6.07) is 4.17. The number of nitrogens with zero attached hydrogens (tertiary/aromatic N) is 2. The maximum atomic E-state index is 5.60. The highest BCUT2D eigenvalue weighted by Gasteiger charge is 2.06. The second-order valence-corrected chi connectivity index (χ2v) is 4.28. The van der Waals surface area contributed by atoms with Crippen molar-refractivity contribution in [2.75, 3.05) is 11.1 Å². The summed E-state index contributed by atoms with van der Waals surface area (Å²) in [5, 5.41) is 4.84. The van der Waals surface area contributed by atoms with E-state index in [1.54, 1.807) is 18.6 Å². The fraction of sp³-hybridized carbons (Fsp3) is 0.200. The number of hydrogen-bond donors (Lipinski definition) is 2. The molecule has 0 aromatic carbocycles. The molecule has 3 N–H and O–H groups in total. The maximum Gasteiger partial charge on any atom is 0.185 e. The zero-order valence-electron chi connectivity index (χ0n) is 8.34.